The first-order chi connectivity index (χ1) is 8.74. The molecule has 0 atom stereocenters. The van der Waals surface area contributed by atoms with Gasteiger partial charge in [-0.1, -0.05) is 60.0 Å². The number of benzene rings is 1. The third-order valence-electron chi connectivity index (χ3n) is 2.83. The number of hydrogen-bond acceptors (Lipinski definition) is 1. The lowest BCUT2D eigenvalue weighted by atomic mass is 10.1. The predicted molar refractivity (Wildman–Crippen MR) is 81.0 cm³/mol. The van der Waals surface area contributed by atoms with E-state index in [9.17, 15) is 4.79 Å². The zero-order valence-corrected chi connectivity index (χ0v) is 12.6. The fraction of sp³-hybridized carbons (Fsp3) is 0.438. The first-order valence-electron chi connectivity index (χ1n) is 6.67. The van der Waals surface area contributed by atoms with Gasteiger partial charge in [0.1, 0.15) is 0 Å². The summed E-state index contributed by atoms with van der Waals surface area (Å²) in [6.07, 6.45) is 10.7. The third kappa shape index (κ3) is 6.15. The molecule has 18 heavy (non-hydrogen) atoms. The largest absolute Gasteiger partial charge is 0.294 e. The zero-order chi connectivity index (χ0) is 13.2. The van der Waals surface area contributed by atoms with Crippen molar-refractivity contribution in [3.05, 3.63) is 46.5 Å². The number of halogens is 1. The van der Waals surface area contributed by atoms with Crippen LogP contribution in [0.3, 0.4) is 0 Å². The van der Waals surface area contributed by atoms with E-state index in [1.54, 1.807) is 0 Å². The molecule has 0 saturated heterocycles. The second kappa shape index (κ2) is 9.09. The molecule has 1 rings (SSSR count). The number of allylic oxidation sites excluding steroid dienone is 2. The summed E-state index contributed by atoms with van der Waals surface area (Å²) in [5, 5.41) is 0. The highest BCUT2D eigenvalue weighted by atomic mass is 79.9. The van der Waals surface area contributed by atoms with Crippen molar-refractivity contribution >= 4 is 21.7 Å². The van der Waals surface area contributed by atoms with Crippen LogP contribution in [-0.2, 0) is 0 Å². The van der Waals surface area contributed by atoms with Gasteiger partial charge < -0.3 is 0 Å². The van der Waals surface area contributed by atoms with Crippen LogP contribution in [0.25, 0.3) is 0 Å². The minimum atomic E-state index is 0.217. The molecule has 1 aromatic carbocycles. The maximum Gasteiger partial charge on any atom is 0.163 e. The van der Waals surface area contributed by atoms with Crippen LogP contribution < -0.4 is 0 Å². The van der Waals surface area contributed by atoms with Crippen molar-refractivity contribution < 1.29 is 4.79 Å². The maximum atomic E-state index is 11.9. The summed E-state index contributed by atoms with van der Waals surface area (Å²) in [6, 6.07) is 7.59. The minimum absolute atomic E-state index is 0.217. The number of carbonyl (C=O) groups is 1. The van der Waals surface area contributed by atoms with Crippen LogP contribution in [0.4, 0.5) is 0 Å². The smallest absolute Gasteiger partial charge is 0.163 e. The van der Waals surface area contributed by atoms with E-state index < -0.39 is 0 Å². The maximum absolute atomic E-state index is 11.9. The molecule has 0 aliphatic rings. The Morgan fingerprint density at radius 1 is 1.22 bits per heavy atom. The van der Waals surface area contributed by atoms with Crippen LogP contribution >= 0.6 is 15.9 Å². The van der Waals surface area contributed by atoms with Gasteiger partial charge in [-0.3, -0.25) is 4.79 Å². The molecule has 0 aliphatic heterocycles. The van der Waals surface area contributed by atoms with E-state index in [4.69, 9.17) is 0 Å². The average Bonchev–Trinajstić information content (AvgIpc) is 2.37. The van der Waals surface area contributed by atoms with Gasteiger partial charge in [0.05, 0.1) is 0 Å². The molecule has 0 fully saturated rings. The lowest BCUT2D eigenvalue weighted by Gasteiger charge is -1.99. The zero-order valence-electron chi connectivity index (χ0n) is 11.0. The summed E-state index contributed by atoms with van der Waals surface area (Å²) < 4.78 is 0.962. The second-order valence-electron chi connectivity index (χ2n) is 4.44. The highest BCUT2D eigenvalue weighted by molar-refractivity contribution is 9.10. The Morgan fingerprint density at radius 2 is 2.00 bits per heavy atom. The molecule has 98 valence electrons. The number of unbranched alkanes of at least 4 members (excludes halogenated alkanes) is 3. The SMILES string of the molecule is CCCCCC=CCCC(=O)c1cccc(Br)c1. The van der Waals surface area contributed by atoms with Crippen molar-refractivity contribution in [3.63, 3.8) is 0 Å². The average molecular weight is 309 g/mol. The monoisotopic (exact) mass is 308 g/mol. The number of Topliss-reactive ketones (excluding diaryl/α,β-unsaturated/α-hetero) is 1. The molecule has 0 unspecified atom stereocenters. The lowest BCUT2D eigenvalue weighted by Crippen LogP contribution is -1.97. The number of carbonyl (C=O) groups excluding carboxylic acids is 1. The molecule has 1 aromatic rings. The van der Waals surface area contributed by atoms with E-state index in [1.165, 1.54) is 19.3 Å². The normalized spacial score (nSPS) is 11.0. The Morgan fingerprint density at radius 3 is 2.72 bits per heavy atom. The van der Waals surface area contributed by atoms with Crippen molar-refractivity contribution in [1.82, 2.24) is 0 Å². The molecule has 0 N–H and O–H groups in total. The summed E-state index contributed by atoms with van der Waals surface area (Å²) >= 11 is 3.38. The van der Waals surface area contributed by atoms with E-state index in [1.807, 2.05) is 24.3 Å². The van der Waals surface area contributed by atoms with Crippen LogP contribution in [0, 0.1) is 0 Å². The van der Waals surface area contributed by atoms with Gasteiger partial charge in [0.25, 0.3) is 0 Å². The Balaban J connectivity index is 2.25. The summed E-state index contributed by atoms with van der Waals surface area (Å²) in [6.45, 7) is 2.21. The molecule has 0 amide bonds. The van der Waals surface area contributed by atoms with Crippen molar-refractivity contribution in [3.8, 4) is 0 Å². The van der Waals surface area contributed by atoms with E-state index in [0.717, 1.165) is 22.9 Å². The quantitative estimate of drug-likeness (QED) is 0.349. The van der Waals surface area contributed by atoms with Gasteiger partial charge in [0.15, 0.2) is 5.78 Å². The van der Waals surface area contributed by atoms with E-state index in [2.05, 4.69) is 35.0 Å². The standard InChI is InChI=1S/C16H21BrO/c1-2-3-4-5-6-7-8-12-16(18)14-10-9-11-15(17)13-14/h6-7,9-11,13H,2-5,8,12H2,1H3. The van der Waals surface area contributed by atoms with Gasteiger partial charge >= 0.3 is 0 Å². The predicted octanol–water partition coefficient (Wildman–Crippen LogP) is 5.55. The van der Waals surface area contributed by atoms with Gasteiger partial charge in [0.2, 0.25) is 0 Å². The van der Waals surface area contributed by atoms with Crippen LogP contribution in [0.15, 0.2) is 40.9 Å². The fourth-order valence-corrected chi connectivity index (χ4v) is 2.17. The van der Waals surface area contributed by atoms with Gasteiger partial charge in [0, 0.05) is 16.5 Å². The van der Waals surface area contributed by atoms with Crippen LogP contribution in [-0.4, -0.2) is 5.78 Å². The molecule has 0 heterocycles. The molecular formula is C16H21BrO. The molecule has 0 radical (unpaired) electrons. The summed E-state index contributed by atoms with van der Waals surface area (Å²) in [5.74, 6) is 0.217. The Bertz CT molecular complexity index is 396. The highest BCUT2D eigenvalue weighted by Crippen LogP contribution is 2.14. The van der Waals surface area contributed by atoms with Gasteiger partial charge in [-0.2, -0.15) is 0 Å². The summed E-state index contributed by atoms with van der Waals surface area (Å²) in [5.41, 5.74) is 0.795. The minimum Gasteiger partial charge on any atom is -0.294 e. The van der Waals surface area contributed by atoms with Crippen molar-refractivity contribution in [1.29, 1.82) is 0 Å². The van der Waals surface area contributed by atoms with Gasteiger partial charge in [-0.25, -0.2) is 0 Å². The molecule has 2 heteroatoms. The third-order valence-corrected chi connectivity index (χ3v) is 3.32. The fourth-order valence-electron chi connectivity index (χ4n) is 1.77. The first-order valence-corrected chi connectivity index (χ1v) is 7.47. The topological polar surface area (TPSA) is 17.1 Å². The van der Waals surface area contributed by atoms with Crippen LogP contribution in [0.1, 0.15) is 55.8 Å². The first kappa shape index (κ1) is 15.2. The van der Waals surface area contributed by atoms with E-state index in [-0.39, 0.29) is 5.78 Å². The number of hydrogen-bond donors (Lipinski definition) is 0. The highest BCUT2D eigenvalue weighted by Gasteiger charge is 2.04. The molecule has 0 bridgehead atoms. The molecule has 0 aromatic heterocycles. The summed E-state index contributed by atoms with van der Waals surface area (Å²) in [7, 11) is 0. The van der Waals surface area contributed by atoms with Crippen molar-refractivity contribution in [2.24, 2.45) is 0 Å². The number of rotatable bonds is 8. The molecular weight excluding hydrogens is 288 g/mol. The van der Waals surface area contributed by atoms with E-state index in [0.29, 0.717) is 6.42 Å². The van der Waals surface area contributed by atoms with Crippen LogP contribution in [0.2, 0.25) is 0 Å². The molecule has 1 nitrogen and oxygen atoms in total. The number of ketones is 1. The molecule has 0 spiro atoms. The van der Waals surface area contributed by atoms with Crippen molar-refractivity contribution in [2.45, 2.75) is 45.4 Å². The second-order valence-corrected chi connectivity index (χ2v) is 5.36. The van der Waals surface area contributed by atoms with Gasteiger partial charge in [-0.05, 0) is 31.4 Å². The van der Waals surface area contributed by atoms with E-state index >= 15 is 0 Å². The Kier molecular flexibility index (Phi) is 7.66. The Labute approximate surface area is 118 Å². The van der Waals surface area contributed by atoms with Crippen LogP contribution in [0.5, 0.6) is 0 Å². The summed E-state index contributed by atoms with van der Waals surface area (Å²) in [4.78, 5) is 11.9. The molecule has 0 saturated carbocycles. The lowest BCUT2D eigenvalue weighted by molar-refractivity contribution is 0.0983. The van der Waals surface area contributed by atoms with Gasteiger partial charge in [-0.15, -0.1) is 0 Å². The van der Waals surface area contributed by atoms with Crippen molar-refractivity contribution in [2.75, 3.05) is 0 Å². The Hall–Kier alpha value is -0.890. The molecule has 0 aliphatic carbocycles.